The van der Waals surface area contributed by atoms with Crippen molar-refractivity contribution in [3.63, 3.8) is 0 Å². The van der Waals surface area contributed by atoms with E-state index in [-0.39, 0.29) is 18.0 Å². The van der Waals surface area contributed by atoms with E-state index in [4.69, 9.17) is 11.6 Å². The van der Waals surface area contributed by atoms with Crippen molar-refractivity contribution in [1.82, 2.24) is 15.2 Å². The van der Waals surface area contributed by atoms with Crippen molar-refractivity contribution in [1.29, 1.82) is 0 Å². The number of nitrogens with one attached hydrogen (secondary N) is 2. The molecule has 1 aromatic heterocycles. The first-order valence-corrected chi connectivity index (χ1v) is 11.6. The first-order chi connectivity index (χ1) is 15.7. The fourth-order valence-corrected chi connectivity index (χ4v) is 4.22. The van der Waals surface area contributed by atoms with E-state index < -0.39 is 0 Å². The predicted molar refractivity (Wildman–Crippen MR) is 133 cm³/mol. The van der Waals surface area contributed by atoms with Gasteiger partial charge in [0.05, 0.1) is 11.6 Å². The van der Waals surface area contributed by atoms with Crippen LogP contribution in [0.3, 0.4) is 0 Å². The van der Waals surface area contributed by atoms with Gasteiger partial charge in [-0.1, -0.05) is 67.4 Å². The summed E-state index contributed by atoms with van der Waals surface area (Å²) in [5.74, 6) is 0.185. The van der Waals surface area contributed by atoms with E-state index >= 15 is 0 Å². The zero-order valence-electron chi connectivity index (χ0n) is 18.3. The molecule has 6 heteroatoms. The van der Waals surface area contributed by atoms with Gasteiger partial charge in [0, 0.05) is 41.9 Å². The van der Waals surface area contributed by atoms with Gasteiger partial charge in [-0.15, -0.1) is 0 Å². The van der Waals surface area contributed by atoms with E-state index in [1.807, 2.05) is 47.4 Å². The lowest BCUT2D eigenvalue weighted by atomic mass is 9.93. The third-order valence-corrected chi connectivity index (χ3v) is 6.03. The van der Waals surface area contributed by atoms with Crippen molar-refractivity contribution in [3.8, 4) is 0 Å². The number of anilines is 1. The molecule has 4 rings (SSSR count). The van der Waals surface area contributed by atoms with Gasteiger partial charge in [-0.05, 0) is 36.2 Å². The Hall–Kier alpha value is -2.89. The molecule has 2 heterocycles. The highest BCUT2D eigenvalue weighted by molar-refractivity contribution is 6.31. The van der Waals surface area contributed by atoms with Gasteiger partial charge in [0.25, 0.3) is 0 Å². The fraction of sp³-hybridized carbons (Fsp3) is 0.308. The normalized spacial score (nSPS) is 18.3. The Balaban J connectivity index is 1.36. The molecule has 2 atom stereocenters. The lowest BCUT2D eigenvalue weighted by Crippen LogP contribution is -2.69. The van der Waals surface area contributed by atoms with Gasteiger partial charge in [0.1, 0.15) is 6.04 Å². The number of hydrogen-bond acceptors (Lipinski definition) is 4. The summed E-state index contributed by atoms with van der Waals surface area (Å²) in [5.41, 5.74) is 3.02. The molecule has 2 N–H and O–H groups in total. The largest absolute Gasteiger partial charge is 0.383 e. The highest BCUT2D eigenvalue weighted by atomic mass is 35.5. The average Bonchev–Trinajstić information content (AvgIpc) is 2.81. The number of aromatic nitrogens is 1. The minimum Gasteiger partial charge on any atom is -0.383 e. The standard InChI is InChI=1S/C26H29ClN4O/c1-2-3-17-31-24(12-9-19-7-5-4-6-8-19)25(26(31)32)30-16-15-29-22-13-14-28-23-18-20(27)10-11-21(22)23/h4-14,18,24-25,30H,2-3,15-17H2,1H3,(H,28,29)/b12-9+/t24-,25+/m1/s1. The minimum atomic E-state index is -0.179. The summed E-state index contributed by atoms with van der Waals surface area (Å²) in [5, 5.41) is 8.61. The number of β-lactam (4-membered cyclic amide) rings is 1. The van der Waals surface area contributed by atoms with E-state index in [0.29, 0.717) is 18.1 Å². The van der Waals surface area contributed by atoms with Crippen LogP contribution in [0.15, 0.2) is 66.9 Å². The summed E-state index contributed by atoms with van der Waals surface area (Å²) in [6.07, 6.45) is 8.13. The molecular formula is C26H29ClN4O. The minimum absolute atomic E-state index is 0.0816. The molecule has 3 aromatic rings. The second-order valence-electron chi connectivity index (χ2n) is 8.02. The van der Waals surface area contributed by atoms with Gasteiger partial charge >= 0.3 is 0 Å². The summed E-state index contributed by atoms with van der Waals surface area (Å²) in [7, 11) is 0. The monoisotopic (exact) mass is 448 g/mol. The van der Waals surface area contributed by atoms with Gasteiger partial charge in [0.2, 0.25) is 5.91 Å². The zero-order valence-corrected chi connectivity index (χ0v) is 19.1. The number of unbranched alkanes of at least 4 members (excludes halogenated alkanes) is 1. The van der Waals surface area contributed by atoms with Crippen LogP contribution in [0.4, 0.5) is 5.69 Å². The average molecular weight is 449 g/mol. The smallest absolute Gasteiger partial charge is 0.242 e. The number of hydrogen-bond donors (Lipinski definition) is 2. The lowest BCUT2D eigenvalue weighted by Gasteiger charge is -2.46. The number of pyridine rings is 1. The highest BCUT2D eigenvalue weighted by Gasteiger charge is 2.44. The van der Waals surface area contributed by atoms with E-state index in [0.717, 1.165) is 41.5 Å². The number of carbonyl (C=O) groups excluding carboxylic acids is 1. The zero-order chi connectivity index (χ0) is 22.3. The van der Waals surface area contributed by atoms with Gasteiger partial charge in [-0.25, -0.2) is 0 Å². The Morgan fingerprint density at radius 1 is 1.12 bits per heavy atom. The number of carbonyl (C=O) groups is 1. The molecule has 0 saturated carbocycles. The molecule has 1 amide bonds. The molecular weight excluding hydrogens is 420 g/mol. The highest BCUT2D eigenvalue weighted by Crippen LogP contribution is 2.25. The van der Waals surface area contributed by atoms with Crippen LogP contribution in [0, 0.1) is 0 Å². The molecule has 166 valence electrons. The van der Waals surface area contributed by atoms with Crippen molar-refractivity contribution in [2.24, 2.45) is 0 Å². The maximum atomic E-state index is 12.7. The van der Waals surface area contributed by atoms with Gasteiger partial charge in [-0.2, -0.15) is 0 Å². The Morgan fingerprint density at radius 2 is 1.97 bits per heavy atom. The van der Waals surface area contributed by atoms with E-state index in [1.54, 1.807) is 6.20 Å². The fourth-order valence-electron chi connectivity index (χ4n) is 4.05. The number of nitrogens with zero attached hydrogens (tertiary/aromatic N) is 2. The Morgan fingerprint density at radius 3 is 2.78 bits per heavy atom. The van der Waals surface area contributed by atoms with Crippen LogP contribution in [0.1, 0.15) is 25.3 Å². The van der Waals surface area contributed by atoms with Crippen LogP contribution in [0.25, 0.3) is 17.0 Å². The third-order valence-electron chi connectivity index (χ3n) is 5.80. The summed E-state index contributed by atoms with van der Waals surface area (Å²) in [4.78, 5) is 19.1. The van der Waals surface area contributed by atoms with Crippen molar-refractivity contribution >= 4 is 40.2 Å². The Kier molecular flexibility index (Phi) is 7.40. The quantitative estimate of drug-likeness (QED) is 0.339. The number of rotatable bonds is 10. The number of likely N-dealkylation sites (tertiary alicyclic amines) is 1. The summed E-state index contributed by atoms with van der Waals surface area (Å²) >= 11 is 6.08. The van der Waals surface area contributed by atoms with Crippen LogP contribution < -0.4 is 10.6 Å². The van der Waals surface area contributed by atoms with Crippen LogP contribution >= 0.6 is 11.6 Å². The van der Waals surface area contributed by atoms with Gasteiger partial charge < -0.3 is 15.5 Å². The summed E-state index contributed by atoms with van der Waals surface area (Å²) in [6, 6.07) is 17.8. The van der Waals surface area contributed by atoms with Crippen LogP contribution in [0.2, 0.25) is 5.02 Å². The van der Waals surface area contributed by atoms with Gasteiger partial charge in [0.15, 0.2) is 0 Å². The molecule has 1 fully saturated rings. The molecule has 1 saturated heterocycles. The van der Waals surface area contributed by atoms with E-state index in [2.05, 4.69) is 46.8 Å². The predicted octanol–water partition coefficient (Wildman–Crippen LogP) is 4.98. The van der Waals surface area contributed by atoms with Crippen molar-refractivity contribution in [3.05, 3.63) is 77.5 Å². The van der Waals surface area contributed by atoms with Crippen molar-refractivity contribution < 1.29 is 4.79 Å². The molecule has 0 unspecified atom stereocenters. The van der Waals surface area contributed by atoms with Gasteiger partial charge in [-0.3, -0.25) is 9.78 Å². The number of amides is 1. The van der Waals surface area contributed by atoms with Crippen LogP contribution in [-0.4, -0.2) is 47.5 Å². The molecule has 0 aliphatic carbocycles. The molecule has 32 heavy (non-hydrogen) atoms. The SMILES string of the molecule is CCCCN1C(=O)[C@@H](NCCNc2ccnc3cc(Cl)ccc23)[C@H]1/C=C/c1ccccc1. The molecule has 1 aliphatic rings. The number of halogens is 1. The first-order valence-electron chi connectivity index (χ1n) is 11.2. The lowest BCUT2D eigenvalue weighted by molar-refractivity contribution is -0.148. The van der Waals surface area contributed by atoms with Crippen LogP contribution in [-0.2, 0) is 4.79 Å². The molecule has 1 aliphatic heterocycles. The van der Waals surface area contributed by atoms with Crippen molar-refractivity contribution in [2.75, 3.05) is 25.0 Å². The number of fused-ring (bicyclic) bond motifs is 1. The molecule has 5 nitrogen and oxygen atoms in total. The van der Waals surface area contributed by atoms with E-state index in [1.165, 1.54) is 0 Å². The summed E-state index contributed by atoms with van der Waals surface area (Å²) < 4.78 is 0. The molecule has 2 aromatic carbocycles. The molecule has 0 bridgehead atoms. The maximum Gasteiger partial charge on any atom is 0.242 e. The second kappa shape index (κ2) is 10.6. The Bertz CT molecular complexity index is 1090. The van der Waals surface area contributed by atoms with Crippen LogP contribution in [0.5, 0.6) is 0 Å². The molecule has 0 spiro atoms. The number of benzene rings is 2. The maximum absolute atomic E-state index is 12.7. The Labute approximate surface area is 194 Å². The molecule has 0 radical (unpaired) electrons. The van der Waals surface area contributed by atoms with E-state index in [9.17, 15) is 4.79 Å². The second-order valence-corrected chi connectivity index (χ2v) is 8.46. The first kappa shape index (κ1) is 22.3. The third kappa shape index (κ3) is 5.12. The van der Waals surface area contributed by atoms with Crippen molar-refractivity contribution in [2.45, 2.75) is 31.8 Å². The topological polar surface area (TPSA) is 57.3 Å². The summed E-state index contributed by atoms with van der Waals surface area (Å²) in [6.45, 7) is 4.35.